The molecule has 1 aliphatic rings. The lowest BCUT2D eigenvalue weighted by molar-refractivity contribution is -0.149. The van der Waals surface area contributed by atoms with Crippen molar-refractivity contribution >= 4 is 11.9 Å². The number of carbonyl (C=O) groups excluding carboxylic acids is 1. The van der Waals surface area contributed by atoms with Gasteiger partial charge in [-0.2, -0.15) is 5.10 Å². The summed E-state index contributed by atoms with van der Waals surface area (Å²) in [5.41, 5.74) is 2.25. The molecule has 2 heterocycles. The van der Waals surface area contributed by atoms with Crippen LogP contribution in [0.4, 0.5) is 0 Å². The topological polar surface area (TPSA) is 71.8 Å². The maximum Gasteiger partial charge on any atom is 0.309 e. The first-order valence-electron chi connectivity index (χ1n) is 9.57. The molecule has 0 amide bonds. The SMILES string of the molecule is CCOC(=O)C1CCN(C(=NC)NCC(C)Cn2nc(C)cc2C)CC1. The molecule has 1 aliphatic heterocycles. The maximum atomic E-state index is 11.9. The second-order valence-corrected chi connectivity index (χ2v) is 7.16. The molecule has 0 aromatic carbocycles. The smallest absolute Gasteiger partial charge is 0.309 e. The molecule has 1 N–H and O–H groups in total. The summed E-state index contributed by atoms with van der Waals surface area (Å²) in [6.45, 7) is 12.0. The van der Waals surface area contributed by atoms with Crippen molar-refractivity contribution in [2.24, 2.45) is 16.8 Å². The zero-order chi connectivity index (χ0) is 19.1. The van der Waals surface area contributed by atoms with Crippen molar-refractivity contribution in [1.29, 1.82) is 0 Å². The quantitative estimate of drug-likeness (QED) is 0.475. The van der Waals surface area contributed by atoms with Gasteiger partial charge in [0.1, 0.15) is 0 Å². The highest BCUT2D eigenvalue weighted by atomic mass is 16.5. The van der Waals surface area contributed by atoms with E-state index in [2.05, 4.69) is 44.9 Å². The summed E-state index contributed by atoms with van der Waals surface area (Å²) in [6, 6.07) is 2.10. The molecule has 0 aliphatic carbocycles. The summed E-state index contributed by atoms with van der Waals surface area (Å²) in [5.74, 6) is 1.30. The van der Waals surface area contributed by atoms with Crippen LogP contribution in [-0.4, -0.2) is 59.9 Å². The van der Waals surface area contributed by atoms with Gasteiger partial charge in [-0.05, 0) is 45.6 Å². The monoisotopic (exact) mass is 363 g/mol. The lowest BCUT2D eigenvalue weighted by Crippen LogP contribution is -2.47. The molecule has 1 unspecified atom stereocenters. The van der Waals surface area contributed by atoms with E-state index in [1.807, 2.05) is 20.9 Å². The van der Waals surface area contributed by atoms with Crippen LogP contribution in [-0.2, 0) is 16.1 Å². The number of ether oxygens (including phenoxy) is 1. The summed E-state index contributed by atoms with van der Waals surface area (Å²) in [4.78, 5) is 18.5. The third kappa shape index (κ3) is 5.47. The van der Waals surface area contributed by atoms with Gasteiger partial charge in [0.05, 0.1) is 18.2 Å². The molecule has 1 aromatic heterocycles. The van der Waals surface area contributed by atoms with Crippen LogP contribution in [0.1, 0.15) is 38.1 Å². The van der Waals surface area contributed by atoms with Gasteiger partial charge in [0.2, 0.25) is 0 Å². The molecule has 0 spiro atoms. The number of aromatic nitrogens is 2. The number of rotatable bonds is 6. The number of esters is 1. The molecule has 26 heavy (non-hydrogen) atoms. The van der Waals surface area contributed by atoms with Gasteiger partial charge in [-0.3, -0.25) is 14.5 Å². The van der Waals surface area contributed by atoms with Gasteiger partial charge < -0.3 is 15.0 Å². The van der Waals surface area contributed by atoms with E-state index < -0.39 is 0 Å². The Morgan fingerprint density at radius 1 is 1.42 bits per heavy atom. The van der Waals surface area contributed by atoms with Crippen LogP contribution in [0.2, 0.25) is 0 Å². The van der Waals surface area contributed by atoms with Gasteiger partial charge in [0.25, 0.3) is 0 Å². The molecule has 1 aromatic rings. The molecule has 0 radical (unpaired) electrons. The summed E-state index contributed by atoms with van der Waals surface area (Å²) < 4.78 is 7.20. The van der Waals surface area contributed by atoms with E-state index in [0.29, 0.717) is 12.5 Å². The Morgan fingerprint density at radius 3 is 2.65 bits per heavy atom. The van der Waals surface area contributed by atoms with Gasteiger partial charge >= 0.3 is 5.97 Å². The van der Waals surface area contributed by atoms with Crippen molar-refractivity contribution in [3.8, 4) is 0 Å². The van der Waals surface area contributed by atoms with Gasteiger partial charge in [-0.1, -0.05) is 6.92 Å². The fraction of sp³-hybridized carbons (Fsp3) is 0.737. The van der Waals surface area contributed by atoms with Crippen LogP contribution in [0.25, 0.3) is 0 Å². The second kappa shape index (κ2) is 9.59. The first kappa shape index (κ1) is 20.3. The molecule has 0 bridgehead atoms. The zero-order valence-corrected chi connectivity index (χ0v) is 16.8. The van der Waals surface area contributed by atoms with E-state index >= 15 is 0 Å². The van der Waals surface area contributed by atoms with E-state index in [0.717, 1.165) is 50.7 Å². The number of nitrogens with one attached hydrogen (secondary N) is 1. The molecule has 7 nitrogen and oxygen atoms in total. The largest absolute Gasteiger partial charge is 0.466 e. The first-order valence-corrected chi connectivity index (χ1v) is 9.57. The van der Waals surface area contributed by atoms with Crippen molar-refractivity contribution in [3.05, 3.63) is 17.5 Å². The van der Waals surface area contributed by atoms with E-state index in [-0.39, 0.29) is 11.9 Å². The normalized spacial score (nSPS) is 17.3. The van der Waals surface area contributed by atoms with Crippen LogP contribution in [0.3, 0.4) is 0 Å². The van der Waals surface area contributed by atoms with Crippen LogP contribution < -0.4 is 5.32 Å². The average molecular weight is 364 g/mol. The lowest BCUT2D eigenvalue weighted by atomic mass is 9.97. The molecule has 7 heteroatoms. The lowest BCUT2D eigenvalue weighted by Gasteiger charge is -2.33. The summed E-state index contributed by atoms with van der Waals surface area (Å²) >= 11 is 0. The molecular formula is C19H33N5O2. The van der Waals surface area contributed by atoms with E-state index in [1.165, 1.54) is 5.69 Å². The maximum absolute atomic E-state index is 11.9. The predicted molar refractivity (Wildman–Crippen MR) is 103 cm³/mol. The van der Waals surface area contributed by atoms with E-state index in [4.69, 9.17) is 4.74 Å². The van der Waals surface area contributed by atoms with Crippen molar-refractivity contribution in [3.63, 3.8) is 0 Å². The standard InChI is InChI=1S/C19H33N5O2/c1-6-26-18(25)17-7-9-23(10-8-17)19(20-5)21-12-14(2)13-24-16(4)11-15(3)22-24/h11,14,17H,6-10,12-13H2,1-5H3,(H,20,21). The van der Waals surface area contributed by atoms with Gasteiger partial charge in [0.15, 0.2) is 5.96 Å². The fourth-order valence-corrected chi connectivity index (χ4v) is 3.40. The summed E-state index contributed by atoms with van der Waals surface area (Å²) in [5, 5.41) is 8.00. The molecule has 1 saturated heterocycles. The third-order valence-electron chi connectivity index (χ3n) is 4.82. The number of piperidine rings is 1. The third-order valence-corrected chi connectivity index (χ3v) is 4.82. The highest BCUT2D eigenvalue weighted by Gasteiger charge is 2.27. The van der Waals surface area contributed by atoms with Crippen LogP contribution in [0.15, 0.2) is 11.1 Å². The molecule has 1 atom stereocenters. The van der Waals surface area contributed by atoms with Gasteiger partial charge in [-0.25, -0.2) is 0 Å². The number of aliphatic imine (C=N–C) groups is 1. The Hall–Kier alpha value is -2.05. The number of hydrogen-bond donors (Lipinski definition) is 1. The number of carbonyl (C=O) groups is 1. The Labute approximate surface area is 156 Å². The zero-order valence-electron chi connectivity index (χ0n) is 16.8. The highest BCUT2D eigenvalue weighted by Crippen LogP contribution is 2.18. The Balaban J connectivity index is 1.79. The number of aryl methyl sites for hydroxylation is 2. The van der Waals surface area contributed by atoms with E-state index in [1.54, 1.807) is 0 Å². The summed E-state index contributed by atoms with van der Waals surface area (Å²) in [7, 11) is 1.81. The van der Waals surface area contributed by atoms with E-state index in [9.17, 15) is 4.79 Å². The predicted octanol–water partition coefficient (Wildman–Crippen LogP) is 1.99. The Morgan fingerprint density at radius 2 is 2.12 bits per heavy atom. The van der Waals surface area contributed by atoms with Crippen molar-refractivity contribution in [2.45, 2.75) is 47.1 Å². The minimum Gasteiger partial charge on any atom is -0.466 e. The molecule has 0 saturated carbocycles. The summed E-state index contributed by atoms with van der Waals surface area (Å²) in [6.07, 6.45) is 1.64. The van der Waals surface area contributed by atoms with Crippen molar-refractivity contribution in [2.75, 3.05) is 33.3 Å². The number of nitrogens with zero attached hydrogens (tertiary/aromatic N) is 4. The fourth-order valence-electron chi connectivity index (χ4n) is 3.40. The Kier molecular flexibility index (Phi) is 7.48. The van der Waals surface area contributed by atoms with Crippen molar-refractivity contribution in [1.82, 2.24) is 20.0 Å². The first-order chi connectivity index (χ1) is 12.4. The van der Waals surface area contributed by atoms with Crippen LogP contribution in [0.5, 0.6) is 0 Å². The van der Waals surface area contributed by atoms with Crippen molar-refractivity contribution < 1.29 is 9.53 Å². The van der Waals surface area contributed by atoms with Crippen LogP contribution >= 0.6 is 0 Å². The Bertz CT molecular complexity index is 617. The molecule has 2 rings (SSSR count). The average Bonchev–Trinajstić information content (AvgIpc) is 2.93. The highest BCUT2D eigenvalue weighted by molar-refractivity contribution is 5.80. The minimum atomic E-state index is -0.0615. The molecule has 1 fully saturated rings. The molecule has 146 valence electrons. The number of guanidine groups is 1. The number of hydrogen-bond acceptors (Lipinski definition) is 4. The van der Waals surface area contributed by atoms with Crippen LogP contribution in [0, 0.1) is 25.7 Å². The van der Waals surface area contributed by atoms with Gasteiger partial charge in [-0.15, -0.1) is 0 Å². The van der Waals surface area contributed by atoms with Gasteiger partial charge in [0, 0.05) is 38.9 Å². The molecular weight excluding hydrogens is 330 g/mol. The number of likely N-dealkylation sites (tertiary alicyclic amines) is 1. The minimum absolute atomic E-state index is 0.0225. The second-order valence-electron chi connectivity index (χ2n) is 7.16.